The number of quaternary nitrogens is 2. The van der Waals surface area contributed by atoms with Crippen molar-refractivity contribution in [2.24, 2.45) is 0 Å². The lowest BCUT2D eigenvalue weighted by molar-refractivity contribution is -1.02. The summed E-state index contributed by atoms with van der Waals surface area (Å²) < 4.78 is 52.9. The standard InChI is InChI=1S/C29H27F3N2O4/c1-19-7-9-21(10-8-19)37-27-25(36)22-11-12-24(35)23(26(22)38-28(27)29(30,31)32)18-34-15-13-33(14-16-34)17-20-5-3-2-4-6-20/h2-12,35H,13-18H2,1H3/p+2. The molecule has 3 N–H and O–H groups in total. The molecule has 6 nitrogen and oxygen atoms in total. The van der Waals surface area contributed by atoms with Crippen molar-refractivity contribution in [2.45, 2.75) is 26.2 Å². The smallest absolute Gasteiger partial charge is 0.453 e. The van der Waals surface area contributed by atoms with Crippen molar-refractivity contribution in [2.75, 3.05) is 26.2 Å². The van der Waals surface area contributed by atoms with Gasteiger partial charge in [-0.3, -0.25) is 4.79 Å². The maximum absolute atomic E-state index is 14.1. The Labute approximate surface area is 217 Å². The van der Waals surface area contributed by atoms with Crippen molar-refractivity contribution in [3.8, 4) is 17.2 Å². The van der Waals surface area contributed by atoms with Crippen LogP contribution in [0.5, 0.6) is 17.2 Å². The van der Waals surface area contributed by atoms with Gasteiger partial charge >= 0.3 is 6.18 Å². The lowest BCUT2D eigenvalue weighted by atomic mass is 10.1. The number of piperazine rings is 1. The number of phenols is 1. The van der Waals surface area contributed by atoms with Crippen LogP contribution < -0.4 is 20.0 Å². The Morgan fingerprint density at radius 1 is 0.895 bits per heavy atom. The Balaban J connectivity index is 1.44. The lowest BCUT2D eigenvalue weighted by Gasteiger charge is -2.30. The van der Waals surface area contributed by atoms with Crippen LogP contribution in [0.4, 0.5) is 13.2 Å². The van der Waals surface area contributed by atoms with Gasteiger partial charge < -0.3 is 24.1 Å². The summed E-state index contributed by atoms with van der Waals surface area (Å²) in [4.78, 5) is 15.8. The third-order valence-corrected chi connectivity index (χ3v) is 6.98. The fourth-order valence-corrected chi connectivity index (χ4v) is 4.91. The molecule has 1 saturated heterocycles. The first-order valence-corrected chi connectivity index (χ1v) is 12.5. The summed E-state index contributed by atoms with van der Waals surface area (Å²) in [5.41, 5.74) is 1.14. The van der Waals surface area contributed by atoms with E-state index < -0.39 is 23.1 Å². The highest BCUT2D eigenvalue weighted by atomic mass is 19.4. The molecule has 0 bridgehead atoms. The van der Waals surface area contributed by atoms with Gasteiger partial charge in [0.15, 0.2) is 5.58 Å². The third kappa shape index (κ3) is 5.54. The van der Waals surface area contributed by atoms with E-state index in [0.29, 0.717) is 0 Å². The van der Waals surface area contributed by atoms with Gasteiger partial charge in [-0.25, -0.2) is 0 Å². The molecule has 0 unspecified atom stereocenters. The number of benzene rings is 3. The maximum Gasteiger partial charge on any atom is 0.453 e. The Hall–Kier alpha value is -3.82. The van der Waals surface area contributed by atoms with E-state index in [9.17, 15) is 23.1 Å². The Morgan fingerprint density at radius 3 is 2.16 bits per heavy atom. The minimum Gasteiger partial charge on any atom is -0.507 e. The highest BCUT2D eigenvalue weighted by Crippen LogP contribution is 2.39. The second-order valence-corrected chi connectivity index (χ2v) is 9.78. The van der Waals surface area contributed by atoms with Gasteiger partial charge in [0.25, 0.3) is 5.76 Å². The van der Waals surface area contributed by atoms with Crippen LogP contribution in [-0.2, 0) is 19.3 Å². The van der Waals surface area contributed by atoms with Crippen molar-refractivity contribution in [1.29, 1.82) is 0 Å². The third-order valence-electron chi connectivity index (χ3n) is 6.98. The molecule has 0 atom stereocenters. The molecule has 1 aliphatic heterocycles. The largest absolute Gasteiger partial charge is 0.507 e. The summed E-state index contributed by atoms with van der Waals surface area (Å²) in [6.45, 7) is 6.26. The monoisotopic (exact) mass is 526 g/mol. The van der Waals surface area contributed by atoms with Gasteiger partial charge in [-0.2, -0.15) is 13.2 Å². The zero-order chi connectivity index (χ0) is 26.9. The molecule has 0 spiro atoms. The fraction of sp³-hybridized carbons (Fsp3) is 0.276. The molecular formula is C29H29F3N2O4+2. The quantitative estimate of drug-likeness (QED) is 0.361. The second-order valence-electron chi connectivity index (χ2n) is 9.78. The molecule has 0 saturated carbocycles. The number of aromatic hydroxyl groups is 1. The van der Waals surface area contributed by atoms with Crippen LogP contribution >= 0.6 is 0 Å². The van der Waals surface area contributed by atoms with Crippen molar-refractivity contribution in [3.05, 3.63) is 99.4 Å². The maximum atomic E-state index is 14.1. The molecule has 1 aliphatic rings. The second kappa shape index (κ2) is 10.5. The van der Waals surface area contributed by atoms with Crippen molar-refractivity contribution in [3.63, 3.8) is 0 Å². The van der Waals surface area contributed by atoms with Crippen LogP contribution in [0.1, 0.15) is 22.5 Å². The minimum atomic E-state index is -4.98. The average Bonchev–Trinajstić information content (AvgIpc) is 2.89. The predicted octanol–water partition coefficient (Wildman–Crippen LogP) is 3.10. The number of halogens is 3. The zero-order valence-corrected chi connectivity index (χ0v) is 20.9. The van der Waals surface area contributed by atoms with Gasteiger partial charge in [0.05, 0.1) is 10.9 Å². The van der Waals surface area contributed by atoms with Gasteiger partial charge in [-0.15, -0.1) is 0 Å². The first-order chi connectivity index (χ1) is 18.2. The van der Waals surface area contributed by atoms with Gasteiger partial charge in [-0.1, -0.05) is 48.0 Å². The van der Waals surface area contributed by atoms with E-state index in [4.69, 9.17) is 9.15 Å². The Kier molecular flexibility index (Phi) is 7.14. The molecule has 5 rings (SSSR count). The molecule has 1 fully saturated rings. The Bertz CT molecular complexity index is 1480. The number of hydrogen-bond acceptors (Lipinski definition) is 4. The van der Waals surface area contributed by atoms with E-state index in [2.05, 4.69) is 12.1 Å². The molecule has 4 aromatic rings. The Morgan fingerprint density at radius 2 is 1.53 bits per heavy atom. The molecule has 198 valence electrons. The van der Waals surface area contributed by atoms with E-state index in [-0.39, 0.29) is 34.6 Å². The molecule has 0 aliphatic carbocycles. The van der Waals surface area contributed by atoms with Crippen LogP contribution in [0.2, 0.25) is 0 Å². The topological polar surface area (TPSA) is 68.6 Å². The molecule has 2 heterocycles. The molecule has 1 aromatic heterocycles. The molecule has 9 heteroatoms. The van der Waals surface area contributed by atoms with E-state index in [0.717, 1.165) is 43.2 Å². The van der Waals surface area contributed by atoms with Gasteiger partial charge in [0.1, 0.15) is 50.8 Å². The lowest BCUT2D eigenvalue weighted by Crippen LogP contribution is -3.27. The molecule has 3 aromatic carbocycles. The van der Waals surface area contributed by atoms with E-state index in [1.807, 2.05) is 25.1 Å². The summed E-state index contributed by atoms with van der Waals surface area (Å²) in [5, 5.41) is 10.5. The van der Waals surface area contributed by atoms with Gasteiger partial charge in [0.2, 0.25) is 11.2 Å². The summed E-state index contributed by atoms with van der Waals surface area (Å²) in [6.07, 6.45) is -4.98. The van der Waals surface area contributed by atoms with Gasteiger partial charge in [-0.05, 0) is 31.2 Å². The summed E-state index contributed by atoms with van der Waals surface area (Å²) in [6, 6.07) is 19.1. The summed E-state index contributed by atoms with van der Waals surface area (Å²) in [5.74, 6) is -2.55. The van der Waals surface area contributed by atoms with Crippen molar-refractivity contribution < 1.29 is 37.2 Å². The molecule has 38 heavy (non-hydrogen) atoms. The molecular weight excluding hydrogens is 497 g/mol. The summed E-state index contributed by atoms with van der Waals surface area (Å²) >= 11 is 0. The van der Waals surface area contributed by atoms with E-state index in [1.54, 1.807) is 12.1 Å². The summed E-state index contributed by atoms with van der Waals surface area (Å²) in [7, 11) is 0. The SMILES string of the molecule is Cc1ccc(Oc2c(C(F)(F)F)oc3c(C[NH+]4CC[NH+](Cc5ccccc5)CC4)c(O)ccc3c2=O)cc1. The normalized spacial score (nSPS) is 18.0. The average molecular weight is 527 g/mol. The number of nitrogens with one attached hydrogen (secondary N) is 2. The van der Waals surface area contributed by atoms with Crippen LogP contribution in [0.25, 0.3) is 11.0 Å². The van der Waals surface area contributed by atoms with Crippen molar-refractivity contribution in [1.82, 2.24) is 0 Å². The van der Waals surface area contributed by atoms with E-state index in [1.165, 1.54) is 34.7 Å². The fourth-order valence-electron chi connectivity index (χ4n) is 4.91. The van der Waals surface area contributed by atoms with Crippen molar-refractivity contribution >= 4 is 11.0 Å². The van der Waals surface area contributed by atoms with Crippen LogP contribution in [-0.4, -0.2) is 31.3 Å². The van der Waals surface area contributed by atoms with Gasteiger partial charge in [0, 0.05) is 5.56 Å². The first kappa shape index (κ1) is 25.8. The number of ether oxygens (including phenoxy) is 1. The number of fused-ring (bicyclic) bond motifs is 1. The number of rotatable bonds is 6. The molecule has 0 radical (unpaired) electrons. The highest BCUT2D eigenvalue weighted by molar-refractivity contribution is 5.83. The minimum absolute atomic E-state index is 0.0688. The van der Waals surface area contributed by atoms with Crippen LogP contribution in [0.3, 0.4) is 0 Å². The zero-order valence-electron chi connectivity index (χ0n) is 20.9. The van der Waals surface area contributed by atoms with E-state index >= 15 is 0 Å². The highest BCUT2D eigenvalue weighted by Gasteiger charge is 2.41. The molecule has 0 amide bonds. The van der Waals surface area contributed by atoms with Crippen LogP contribution in [0.15, 0.2) is 75.9 Å². The number of hydrogen-bond donors (Lipinski definition) is 3. The predicted molar refractivity (Wildman–Crippen MR) is 136 cm³/mol. The van der Waals surface area contributed by atoms with Crippen LogP contribution in [0, 0.1) is 6.92 Å². The number of alkyl halides is 3. The first-order valence-electron chi connectivity index (χ1n) is 12.5. The number of aryl methyl sites for hydroxylation is 1. The number of phenolic OH excluding ortho intramolecular Hbond substituents is 1.